The first-order chi connectivity index (χ1) is 6.74. The first-order valence-corrected chi connectivity index (χ1v) is 5.17. The van der Waals surface area contributed by atoms with Gasteiger partial charge in [-0.1, -0.05) is 13.3 Å². The van der Waals surface area contributed by atoms with Gasteiger partial charge in [-0.05, 0) is 32.4 Å². The summed E-state index contributed by atoms with van der Waals surface area (Å²) in [5, 5.41) is 0. The second kappa shape index (κ2) is 3.45. The van der Waals surface area contributed by atoms with Crippen molar-refractivity contribution in [3.63, 3.8) is 0 Å². The van der Waals surface area contributed by atoms with Gasteiger partial charge in [0, 0.05) is 11.9 Å². The summed E-state index contributed by atoms with van der Waals surface area (Å²) in [5.41, 5.74) is 4.86. The molecule has 0 amide bonds. The molecule has 0 saturated carbocycles. The number of fused-ring (bicyclic) bond motifs is 1. The molecule has 0 aromatic carbocycles. The molecule has 0 aliphatic rings. The fraction of sp³-hybridized carbons (Fsp3) is 0.417. The molecule has 2 rings (SSSR count). The summed E-state index contributed by atoms with van der Waals surface area (Å²) < 4.78 is 2.23. The van der Waals surface area contributed by atoms with E-state index in [1.807, 2.05) is 0 Å². The fourth-order valence-electron chi connectivity index (χ4n) is 1.84. The monoisotopic (exact) mass is 188 g/mol. The molecule has 0 aliphatic heterocycles. The lowest BCUT2D eigenvalue weighted by molar-refractivity contribution is 0.857. The lowest BCUT2D eigenvalue weighted by atomic mass is 10.2. The third-order valence-corrected chi connectivity index (χ3v) is 2.72. The summed E-state index contributed by atoms with van der Waals surface area (Å²) in [4.78, 5) is 4.64. The molecule has 2 aromatic heterocycles. The minimum Gasteiger partial charge on any atom is -0.318 e. The van der Waals surface area contributed by atoms with Crippen molar-refractivity contribution in [3.05, 3.63) is 35.4 Å². The summed E-state index contributed by atoms with van der Waals surface area (Å²) >= 11 is 0. The highest BCUT2D eigenvalue weighted by molar-refractivity contribution is 5.54. The summed E-state index contributed by atoms with van der Waals surface area (Å²) in [7, 11) is 0. The zero-order valence-electron chi connectivity index (χ0n) is 9.04. The summed E-state index contributed by atoms with van der Waals surface area (Å²) in [6, 6.07) is 4.23. The van der Waals surface area contributed by atoms with E-state index in [0.717, 1.165) is 18.5 Å². The third kappa shape index (κ3) is 1.31. The molecule has 2 heteroatoms. The van der Waals surface area contributed by atoms with Crippen LogP contribution in [0, 0.1) is 13.8 Å². The molecular formula is C12H16N2. The van der Waals surface area contributed by atoms with Gasteiger partial charge in [0.15, 0.2) is 0 Å². The van der Waals surface area contributed by atoms with Crippen LogP contribution in [0.3, 0.4) is 0 Å². The molecule has 2 aromatic rings. The third-order valence-electron chi connectivity index (χ3n) is 2.72. The molecule has 0 atom stereocenters. The quantitative estimate of drug-likeness (QED) is 0.708. The van der Waals surface area contributed by atoms with E-state index in [1.165, 1.54) is 16.9 Å². The van der Waals surface area contributed by atoms with Crippen LogP contribution in [-0.2, 0) is 6.42 Å². The largest absolute Gasteiger partial charge is 0.318 e. The van der Waals surface area contributed by atoms with Crippen molar-refractivity contribution in [2.75, 3.05) is 0 Å². The summed E-state index contributed by atoms with van der Waals surface area (Å²) in [6.45, 7) is 6.38. The van der Waals surface area contributed by atoms with Crippen molar-refractivity contribution in [2.24, 2.45) is 0 Å². The average Bonchev–Trinajstić information content (AvgIpc) is 2.63. The number of hydrogen-bond acceptors (Lipinski definition) is 1. The van der Waals surface area contributed by atoms with Gasteiger partial charge < -0.3 is 4.40 Å². The van der Waals surface area contributed by atoms with E-state index >= 15 is 0 Å². The molecule has 0 N–H and O–H groups in total. The van der Waals surface area contributed by atoms with E-state index in [2.05, 4.69) is 48.5 Å². The Bertz CT molecular complexity index is 455. The van der Waals surface area contributed by atoms with Crippen LogP contribution in [0.4, 0.5) is 0 Å². The van der Waals surface area contributed by atoms with Gasteiger partial charge >= 0.3 is 0 Å². The van der Waals surface area contributed by atoms with Crippen LogP contribution < -0.4 is 0 Å². The van der Waals surface area contributed by atoms with Crippen molar-refractivity contribution in [1.29, 1.82) is 0 Å². The number of hydrogen-bond donors (Lipinski definition) is 0. The Labute approximate surface area is 84.6 Å². The molecule has 0 spiro atoms. The standard InChI is InChI=1S/C12H16N2/c1-4-6-11-12-7-5-8-14(12)10(3)9(2)13-11/h5,7-8H,4,6H2,1-3H3. The Hall–Kier alpha value is -1.31. The van der Waals surface area contributed by atoms with Crippen LogP contribution in [0.5, 0.6) is 0 Å². The van der Waals surface area contributed by atoms with E-state index in [1.54, 1.807) is 0 Å². The van der Waals surface area contributed by atoms with Gasteiger partial charge in [0.05, 0.1) is 16.9 Å². The van der Waals surface area contributed by atoms with Crippen LogP contribution in [0.25, 0.3) is 5.52 Å². The Kier molecular flexibility index (Phi) is 2.28. The van der Waals surface area contributed by atoms with Crippen LogP contribution in [0.2, 0.25) is 0 Å². The van der Waals surface area contributed by atoms with E-state index in [9.17, 15) is 0 Å². The Balaban J connectivity index is 2.71. The maximum absolute atomic E-state index is 4.64. The Morgan fingerprint density at radius 1 is 1.36 bits per heavy atom. The van der Waals surface area contributed by atoms with Gasteiger partial charge in [-0.25, -0.2) is 0 Å². The Morgan fingerprint density at radius 3 is 2.86 bits per heavy atom. The fourth-order valence-corrected chi connectivity index (χ4v) is 1.84. The van der Waals surface area contributed by atoms with Crippen LogP contribution in [-0.4, -0.2) is 9.38 Å². The highest BCUT2D eigenvalue weighted by Crippen LogP contribution is 2.16. The normalized spacial score (nSPS) is 11.1. The van der Waals surface area contributed by atoms with Gasteiger partial charge in [-0.15, -0.1) is 0 Å². The molecule has 0 bridgehead atoms. The molecule has 0 radical (unpaired) electrons. The molecule has 0 aliphatic carbocycles. The predicted octanol–water partition coefficient (Wildman–Crippen LogP) is 2.90. The van der Waals surface area contributed by atoms with Crippen LogP contribution in [0.15, 0.2) is 18.3 Å². The lowest BCUT2D eigenvalue weighted by Crippen LogP contribution is -2.02. The number of rotatable bonds is 2. The smallest absolute Gasteiger partial charge is 0.0669 e. The van der Waals surface area contributed by atoms with Gasteiger partial charge in [0.2, 0.25) is 0 Å². The van der Waals surface area contributed by atoms with Crippen molar-refractivity contribution in [3.8, 4) is 0 Å². The van der Waals surface area contributed by atoms with Gasteiger partial charge in [0.25, 0.3) is 0 Å². The van der Waals surface area contributed by atoms with E-state index in [0.29, 0.717) is 0 Å². The highest BCUT2D eigenvalue weighted by atomic mass is 14.9. The number of nitrogens with zero attached hydrogens (tertiary/aromatic N) is 2. The van der Waals surface area contributed by atoms with E-state index in [-0.39, 0.29) is 0 Å². The minimum atomic E-state index is 1.06. The minimum absolute atomic E-state index is 1.06. The van der Waals surface area contributed by atoms with Crippen LogP contribution >= 0.6 is 0 Å². The molecule has 14 heavy (non-hydrogen) atoms. The van der Waals surface area contributed by atoms with Crippen molar-refractivity contribution in [2.45, 2.75) is 33.6 Å². The zero-order chi connectivity index (χ0) is 10.1. The van der Waals surface area contributed by atoms with Gasteiger partial charge in [-0.2, -0.15) is 0 Å². The molecule has 2 nitrogen and oxygen atoms in total. The lowest BCUT2D eigenvalue weighted by Gasteiger charge is -2.08. The van der Waals surface area contributed by atoms with Crippen molar-refractivity contribution in [1.82, 2.24) is 9.38 Å². The molecule has 0 unspecified atom stereocenters. The van der Waals surface area contributed by atoms with Gasteiger partial charge in [0.1, 0.15) is 0 Å². The first-order valence-electron chi connectivity index (χ1n) is 5.17. The van der Waals surface area contributed by atoms with E-state index < -0.39 is 0 Å². The maximum Gasteiger partial charge on any atom is 0.0669 e. The van der Waals surface area contributed by atoms with Gasteiger partial charge in [-0.3, -0.25) is 4.98 Å². The summed E-state index contributed by atoms with van der Waals surface area (Å²) in [6.07, 6.45) is 4.32. The second-order valence-electron chi connectivity index (χ2n) is 3.74. The van der Waals surface area contributed by atoms with Crippen LogP contribution in [0.1, 0.15) is 30.4 Å². The SMILES string of the molecule is CCCc1nc(C)c(C)n2cccc12. The number of aromatic nitrogens is 2. The highest BCUT2D eigenvalue weighted by Gasteiger charge is 2.06. The van der Waals surface area contributed by atoms with Crippen molar-refractivity contribution < 1.29 is 0 Å². The second-order valence-corrected chi connectivity index (χ2v) is 3.74. The van der Waals surface area contributed by atoms with E-state index in [4.69, 9.17) is 0 Å². The molecule has 0 fully saturated rings. The van der Waals surface area contributed by atoms with Crippen molar-refractivity contribution >= 4 is 5.52 Å². The maximum atomic E-state index is 4.64. The molecular weight excluding hydrogens is 172 g/mol. The average molecular weight is 188 g/mol. The Morgan fingerprint density at radius 2 is 2.14 bits per heavy atom. The first kappa shape index (κ1) is 9.25. The zero-order valence-corrected chi connectivity index (χ0v) is 9.04. The predicted molar refractivity (Wildman–Crippen MR) is 58.7 cm³/mol. The molecule has 74 valence electrons. The molecule has 2 heterocycles. The summed E-state index contributed by atoms with van der Waals surface area (Å²) in [5.74, 6) is 0. The molecule has 0 saturated heterocycles. The number of aryl methyl sites for hydroxylation is 3. The topological polar surface area (TPSA) is 17.3 Å².